The van der Waals surface area contributed by atoms with Crippen molar-refractivity contribution in [1.82, 2.24) is 9.80 Å². The lowest BCUT2D eigenvalue weighted by atomic mass is 9.51. The number of rotatable bonds is 6. The third kappa shape index (κ3) is 4.02. The molecule has 40 heavy (non-hydrogen) atoms. The molecule has 0 radical (unpaired) electrons. The van der Waals surface area contributed by atoms with Crippen LogP contribution in [0.5, 0.6) is 5.75 Å². The summed E-state index contributed by atoms with van der Waals surface area (Å²) in [7, 11) is 1.95. The third-order valence-corrected chi connectivity index (χ3v) is 10.2. The van der Waals surface area contributed by atoms with Crippen LogP contribution in [0.1, 0.15) is 53.2 Å². The Morgan fingerprint density at radius 1 is 1.12 bits per heavy atom. The molecule has 5 nitrogen and oxygen atoms in total. The smallest absolute Gasteiger partial charge is 0.246 e. The minimum atomic E-state index is -0.501. The number of hydrogen-bond donors (Lipinski definition) is 1. The van der Waals surface area contributed by atoms with E-state index in [0.29, 0.717) is 18.5 Å². The van der Waals surface area contributed by atoms with Gasteiger partial charge < -0.3 is 14.7 Å². The summed E-state index contributed by atoms with van der Waals surface area (Å²) in [5.74, 6) is 1.50. The van der Waals surface area contributed by atoms with Crippen molar-refractivity contribution in [2.24, 2.45) is 5.92 Å². The minimum absolute atomic E-state index is 0.0198. The lowest BCUT2D eigenvalue weighted by Gasteiger charge is -2.60. The van der Waals surface area contributed by atoms with Crippen LogP contribution in [0.2, 0.25) is 0 Å². The number of piperidine rings is 1. The molecule has 2 aliphatic heterocycles. The van der Waals surface area contributed by atoms with Crippen molar-refractivity contribution < 1.29 is 14.6 Å². The monoisotopic (exact) mass is 534 g/mol. The van der Waals surface area contributed by atoms with E-state index in [0.717, 1.165) is 49.1 Å². The fourth-order valence-electron chi connectivity index (χ4n) is 8.42. The zero-order chi connectivity index (χ0) is 27.4. The predicted octanol–water partition coefficient (Wildman–Crippen LogP) is 5.31. The number of hydrogen-bond acceptors (Lipinski definition) is 4. The SMILES string of the molecule is Cc1cccc(C=CC(=O)N(C)[C@@H]2CC[C@H]3[C@H]4Cc5cccc6c5[C@@]3(CCN4CC(O)c3ccccc3)[C@H]2O6)c1. The minimum Gasteiger partial charge on any atom is -0.487 e. The first-order valence-electron chi connectivity index (χ1n) is 14.7. The molecule has 206 valence electrons. The number of aliphatic hydroxyl groups is 1. The predicted molar refractivity (Wildman–Crippen MR) is 157 cm³/mol. The number of aliphatic hydroxyl groups excluding tert-OH is 1. The molecule has 2 bridgehead atoms. The summed E-state index contributed by atoms with van der Waals surface area (Å²) in [5, 5.41) is 11.1. The maximum atomic E-state index is 13.5. The Balaban J connectivity index is 1.17. The number of aryl methyl sites for hydroxylation is 1. The number of carbonyl (C=O) groups is 1. The largest absolute Gasteiger partial charge is 0.487 e. The molecule has 7 rings (SSSR count). The van der Waals surface area contributed by atoms with Crippen LogP contribution in [0.4, 0.5) is 0 Å². The molecule has 1 unspecified atom stereocenters. The van der Waals surface area contributed by atoms with Crippen LogP contribution in [0.15, 0.2) is 78.9 Å². The van der Waals surface area contributed by atoms with Gasteiger partial charge in [0.05, 0.1) is 12.1 Å². The van der Waals surface area contributed by atoms with Crippen molar-refractivity contribution in [2.45, 2.75) is 62.3 Å². The van der Waals surface area contributed by atoms with Crippen molar-refractivity contribution in [3.8, 4) is 5.75 Å². The number of likely N-dealkylation sites (N-methyl/N-ethyl adjacent to an activating group) is 1. The molecule has 4 aliphatic rings. The molecule has 2 heterocycles. The zero-order valence-corrected chi connectivity index (χ0v) is 23.4. The highest BCUT2D eigenvalue weighted by molar-refractivity contribution is 5.92. The van der Waals surface area contributed by atoms with E-state index in [1.807, 2.05) is 60.5 Å². The van der Waals surface area contributed by atoms with Gasteiger partial charge in [-0.1, -0.05) is 72.3 Å². The summed E-state index contributed by atoms with van der Waals surface area (Å²) >= 11 is 0. The highest BCUT2D eigenvalue weighted by atomic mass is 16.5. The van der Waals surface area contributed by atoms with Gasteiger partial charge in [0.1, 0.15) is 11.9 Å². The molecule has 1 saturated heterocycles. The average molecular weight is 535 g/mol. The Labute approximate surface area is 237 Å². The normalized spacial score (nSPS) is 29.1. The number of β-amino-alcohol motifs (C(OH)–C–C–N with tert-alkyl or cyclic N) is 1. The summed E-state index contributed by atoms with van der Waals surface area (Å²) in [5.41, 5.74) is 5.91. The van der Waals surface area contributed by atoms with E-state index in [1.165, 1.54) is 16.7 Å². The van der Waals surface area contributed by atoms with E-state index in [-0.39, 0.29) is 23.5 Å². The third-order valence-electron chi connectivity index (χ3n) is 10.2. The van der Waals surface area contributed by atoms with Gasteiger partial charge in [0.25, 0.3) is 0 Å². The Morgan fingerprint density at radius 3 is 2.77 bits per heavy atom. The van der Waals surface area contributed by atoms with Gasteiger partial charge in [-0.3, -0.25) is 9.69 Å². The second kappa shape index (κ2) is 9.90. The molecule has 5 heteroatoms. The molecule has 2 aliphatic carbocycles. The van der Waals surface area contributed by atoms with E-state index in [2.05, 4.69) is 42.2 Å². The quantitative estimate of drug-likeness (QED) is 0.436. The topological polar surface area (TPSA) is 53.0 Å². The lowest BCUT2D eigenvalue weighted by Crippen LogP contribution is -2.69. The first-order chi connectivity index (χ1) is 19.5. The summed E-state index contributed by atoms with van der Waals surface area (Å²) in [6.45, 7) is 3.64. The second-order valence-corrected chi connectivity index (χ2v) is 12.3. The van der Waals surface area contributed by atoms with Crippen LogP contribution >= 0.6 is 0 Å². The van der Waals surface area contributed by atoms with Crippen LogP contribution < -0.4 is 4.74 Å². The Bertz CT molecular complexity index is 1450. The number of benzene rings is 3. The van der Waals surface area contributed by atoms with Gasteiger partial charge in [-0.2, -0.15) is 0 Å². The van der Waals surface area contributed by atoms with Crippen molar-refractivity contribution in [3.63, 3.8) is 0 Å². The van der Waals surface area contributed by atoms with Gasteiger partial charge in [-0.25, -0.2) is 0 Å². The maximum absolute atomic E-state index is 13.5. The summed E-state index contributed by atoms with van der Waals surface area (Å²) < 4.78 is 6.84. The first kappa shape index (κ1) is 25.6. The van der Waals surface area contributed by atoms with Crippen molar-refractivity contribution in [3.05, 3.63) is 107 Å². The van der Waals surface area contributed by atoms with Crippen LogP contribution in [-0.4, -0.2) is 59.1 Å². The highest BCUT2D eigenvalue weighted by Gasteiger charge is 2.65. The number of ether oxygens (including phenoxy) is 1. The molecule has 3 aromatic carbocycles. The highest BCUT2D eigenvalue weighted by Crippen LogP contribution is 2.62. The van der Waals surface area contributed by atoms with E-state index >= 15 is 0 Å². The molecular formula is C35H38N2O3. The average Bonchev–Trinajstić information content (AvgIpc) is 3.31. The van der Waals surface area contributed by atoms with Crippen molar-refractivity contribution in [1.29, 1.82) is 0 Å². The molecule has 0 aromatic heterocycles. The molecule has 1 amide bonds. The molecule has 1 saturated carbocycles. The Kier molecular flexibility index (Phi) is 6.32. The first-order valence-corrected chi connectivity index (χ1v) is 14.7. The molecule has 6 atom stereocenters. The Hall–Kier alpha value is -3.41. The number of carbonyl (C=O) groups excluding carboxylic acids is 1. The molecule has 3 aromatic rings. The summed E-state index contributed by atoms with van der Waals surface area (Å²) in [4.78, 5) is 17.9. The fourth-order valence-corrected chi connectivity index (χ4v) is 8.42. The van der Waals surface area contributed by atoms with E-state index in [4.69, 9.17) is 4.74 Å². The van der Waals surface area contributed by atoms with Gasteiger partial charge in [0, 0.05) is 36.7 Å². The van der Waals surface area contributed by atoms with Gasteiger partial charge in [0.2, 0.25) is 5.91 Å². The molecular weight excluding hydrogens is 496 g/mol. The van der Waals surface area contributed by atoms with E-state index in [1.54, 1.807) is 6.08 Å². The molecule has 1 N–H and O–H groups in total. The Morgan fingerprint density at radius 2 is 1.95 bits per heavy atom. The maximum Gasteiger partial charge on any atom is 0.246 e. The van der Waals surface area contributed by atoms with Crippen LogP contribution in [-0.2, 0) is 16.6 Å². The molecule has 1 spiro atoms. The second-order valence-electron chi connectivity index (χ2n) is 12.3. The van der Waals surface area contributed by atoms with Crippen molar-refractivity contribution >= 4 is 12.0 Å². The standard InChI is InChI=1S/C35H38N2O3/c1-23-8-6-9-24(20-23)14-17-32(39)36(2)28-16-15-27-29-21-26-12-7-13-31-33(26)35(27,34(28)40-31)18-19-37(29)22-30(38)25-10-4-3-5-11-25/h3-14,17,20,27-30,34,38H,15-16,18-19,21-22H2,1-2H3/t27-,28+,29+,30?,34-,35-/m0/s1. The summed E-state index contributed by atoms with van der Waals surface area (Å²) in [6, 6.07) is 25.2. The number of likely N-dealkylation sites (tertiary alicyclic amines) is 1. The van der Waals surface area contributed by atoms with Gasteiger partial charge in [-0.05, 0) is 73.9 Å². The molecule has 2 fully saturated rings. The zero-order valence-electron chi connectivity index (χ0n) is 23.4. The fraction of sp³-hybridized carbons (Fsp3) is 0.400. The summed E-state index contributed by atoms with van der Waals surface area (Å²) in [6.07, 6.45) is 7.04. The van der Waals surface area contributed by atoms with Crippen LogP contribution in [0, 0.1) is 12.8 Å². The van der Waals surface area contributed by atoms with E-state index in [9.17, 15) is 9.90 Å². The van der Waals surface area contributed by atoms with Crippen molar-refractivity contribution in [2.75, 3.05) is 20.1 Å². The van der Waals surface area contributed by atoms with Gasteiger partial charge >= 0.3 is 0 Å². The lowest BCUT2D eigenvalue weighted by molar-refractivity contribution is -0.135. The van der Waals surface area contributed by atoms with Crippen LogP contribution in [0.25, 0.3) is 6.08 Å². The number of nitrogens with zero attached hydrogens (tertiary/aromatic N) is 2. The van der Waals surface area contributed by atoms with Gasteiger partial charge in [0.15, 0.2) is 0 Å². The van der Waals surface area contributed by atoms with Gasteiger partial charge in [-0.15, -0.1) is 0 Å². The van der Waals surface area contributed by atoms with E-state index < -0.39 is 6.10 Å². The number of amides is 1. The van der Waals surface area contributed by atoms with Crippen LogP contribution in [0.3, 0.4) is 0 Å².